The van der Waals surface area contributed by atoms with Gasteiger partial charge in [-0.25, -0.2) is 0 Å². The molecule has 0 aliphatic rings. The monoisotopic (exact) mass is 335 g/mol. The van der Waals surface area contributed by atoms with Crippen LogP contribution in [0.3, 0.4) is 0 Å². The lowest BCUT2D eigenvalue weighted by molar-refractivity contribution is 0.881. The molecule has 0 saturated heterocycles. The zero-order valence-electron chi connectivity index (χ0n) is 11.0. The van der Waals surface area contributed by atoms with Crippen molar-refractivity contribution in [2.45, 2.75) is 6.04 Å². The minimum Gasteiger partial charge on any atom is -0.320 e. The van der Waals surface area contributed by atoms with Gasteiger partial charge in [-0.1, -0.05) is 71.2 Å². The van der Waals surface area contributed by atoms with E-state index in [4.69, 9.17) is 40.5 Å². The first kappa shape index (κ1) is 14.7. The van der Waals surface area contributed by atoms with Crippen LogP contribution in [0.5, 0.6) is 0 Å². The van der Waals surface area contributed by atoms with E-state index in [-0.39, 0.29) is 6.04 Å². The molecular formula is C17H12Cl3N. The number of rotatable bonds is 2. The van der Waals surface area contributed by atoms with E-state index in [1.165, 1.54) is 0 Å². The van der Waals surface area contributed by atoms with Crippen LogP contribution in [0, 0.1) is 0 Å². The van der Waals surface area contributed by atoms with Crippen LogP contribution in [0.25, 0.3) is 10.8 Å². The molecule has 0 aliphatic carbocycles. The standard InChI is InChI=1S/C17H12Cl3N/c18-10-5-6-14(16(20)9-10)17(21)13-7-8-15(19)12-4-2-1-3-11(12)13/h1-9,17H,21H2. The predicted octanol–water partition coefficient (Wildman–Crippen LogP) is 5.85. The summed E-state index contributed by atoms with van der Waals surface area (Å²) in [5.41, 5.74) is 8.24. The van der Waals surface area contributed by atoms with Crippen molar-refractivity contribution in [2.24, 2.45) is 5.73 Å². The van der Waals surface area contributed by atoms with Gasteiger partial charge in [0.05, 0.1) is 6.04 Å². The van der Waals surface area contributed by atoms with E-state index in [0.717, 1.165) is 21.9 Å². The molecule has 2 N–H and O–H groups in total. The van der Waals surface area contributed by atoms with Crippen molar-refractivity contribution in [3.8, 4) is 0 Å². The fourth-order valence-corrected chi connectivity index (χ4v) is 3.23. The first-order valence-corrected chi connectivity index (χ1v) is 7.59. The van der Waals surface area contributed by atoms with Gasteiger partial charge in [-0.05, 0) is 34.7 Å². The van der Waals surface area contributed by atoms with Gasteiger partial charge >= 0.3 is 0 Å². The minimum atomic E-state index is -0.336. The van der Waals surface area contributed by atoms with Gasteiger partial charge in [0.2, 0.25) is 0 Å². The lowest BCUT2D eigenvalue weighted by Gasteiger charge is -2.17. The first-order chi connectivity index (χ1) is 10.1. The third kappa shape index (κ3) is 2.75. The van der Waals surface area contributed by atoms with Crippen LogP contribution in [0.4, 0.5) is 0 Å². The smallest absolute Gasteiger partial charge is 0.0572 e. The summed E-state index contributed by atoms with van der Waals surface area (Å²) >= 11 is 18.5. The summed E-state index contributed by atoms with van der Waals surface area (Å²) in [6.07, 6.45) is 0. The Bertz CT molecular complexity index is 814. The molecule has 0 aromatic heterocycles. The summed E-state index contributed by atoms with van der Waals surface area (Å²) in [6.45, 7) is 0. The van der Waals surface area contributed by atoms with Gasteiger partial charge < -0.3 is 5.73 Å². The van der Waals surface area contributed by atoms with Crippen molar-refractivity contribution in [1.29, 1.82) is 0 Å². The van der Waals surface area contributed by atoms with Crippen molar-refractivity contribution >= 4 is 45.6 Å². The second-order valence-electron chi connectivity index (χ2n) is 4.83. The van der Waals surface area contributed by atoms with E-state index >= 15 is 0 Å². The Morgan fingerprint density at radius 2 is 1.38 bits per heavy atom. The van der Waals surface area contributed by atoms with Crippen LogP contribution in [0.2, 0.25) is 15.1 Å². The van der Waals surface area contributed by atoms with Gasteiger partial charge in [0.15, 0.2) is 0 Å². The van der Waals surface area contributed by atoms with Crippen molar-refractivity contribution in [2.75, 3.05) is 0 Å². The van der Waals surface area contributed by atoms with E-state index in [9.17, 15) is 0 Å². The minimum absolute atomic E-state index is 0.336. The molecule has 106 valence electrons. The maximum absolute atomic E-state index is 6.41. The normalized spacial score (nSPS) is 12.6. The Labute approximate surface area is 138 Å². The van der Waals surface area contributed by atoms with Crippen LogP contribution in [0.1, 0.15) is 17.2 Å². The average Bonchev–Trinajstić information content (AvgIpc) is 2.47. The van der Waals surface area contributed by atoms with Crippen LogP contribution in [0.15, 0.2) is 54.6 Å². The molecule has 0 amide bonds. The van der Waals surface area contributed by atoms with Crippen LogP contribution < -0.4 is 5.73 Å². The quantitative estimate of drug-likeness (QED) is 0.624. The predicted molar refractivity (Wildman–Crippen MR) is 91.5 cm³/mol. The molecule has 0 saturated carbocycles. The third-order valence-corrected chi connectivity index (χ3v) is 4.43. The highest BCUT2D eigenvalue weighted by molar-refractivity contribution is 6.36. The Balaban J connectivity index is 2.18. The molecule has 1 atom stereocenters. The number of nitrogens with two attached hydrogens (primary N) is 1. The molecule has 3 rings (SSSR count). The number of halogens is 3. The third-order valence-electron chi connectivity index (χ3n) is 3.54. The second-order valence-corrected chi connectivity index (χ2v) is 6.08. The highest BCUT2D eigenvalue weighted by Crippen LogP contribution is 2.34. The molecule has 1 nitrogen and oxygen atoms in total. The summed E-state index contributed by atoms with van der Waals surface area (Å²) in [6, 6.07) is 16.8. The molecule has 3 aromatic carbocycles. The maximum atomic E-state index is 6.41. The van der Waals surface area contributed by atoms with E-state index in [0.29, 0.717) is 15.1 Å². The summed E-state index contributed by atoms with van der Waals surface area (Å²) in [7, 11) is 0. The molecule has 4 heteroatoms. The lowest BCUT2D eigenvalue weighted by Crippen LogP contribution is -2.13. The van der Waals surface area contributed by atoms with E-state index < -0.39 is 0 Å². The molecule has 21 heavy (non-hydrogen) atoms. The Hall–Kier alpha value is -1.25. The van der Waals surface area contributed by atoms with E-state index in [2.05, 4.69) is 0 Å². The molecule has 0 bridgehead atoms. The highest BCUT2D eigenvalue weighted by Gasteiger charge is 2.16. The topological polar surface area (TPSA) is 26.0 Å². The van der Waals surface area contributed by atoms with Crippen LogP contribution in [-0.4, -0.2) is 0 Å². The summed E-state index contributed by atoms with van der Waals surface area (Å²) in [5, 5.41) is 3.88. The summed E-state index contributed by atoms with van der Waals surface area (Å²) < 4.78 is 0. The second kappa shape index (κ2) is 5.86. The molecule has 0 radical (unpaired) electrons. The van der Waals surface area contributed by atoms with E-state index in [1.54, 1.807) is 12.1 Å². The summed E-state index contributed by atoms with van der Waals surface area (Å²) in [4.78, 5) is 0. The molecule has 0 aliphatic heterocycles. The maximum Gasteiger partial charge on any atom is 0.0572 e. The van der Waals surface area contributed by atoms with Gasteiger partial charge in [-0.3, -0.25) is 0 Å². The largest absolute Gasteiger partial charge is 0.320 e. The number of hydrogen-bond acceptors (Lipinski definition) is 1. The Morgan fingerprint density at radius 3 is 2.10 bits per heavy atom. The molecule has 0 heterocycles. The Morgan fingerprint density at radius 1 is 0.714 bits per heavy atom. The van der Waals surface area contributed by atoms with Crippen molar-refractivity contribution < 1.29 is 0 Å². The zero-order valence-corrected chi connectivity index (χ0v) is 13.3. The van der Waals surface area contributed by atoms with Crippen molar-refractivity contribution in [3.05, 3.63) is 80.8 Å². The van der Waals surface area contributed by atoms with Crippen LogP contribution in [-0.2, 0) is 0 Å². The SMILES string of the molecule is NC(c1ccc(Cl)cc1Cl)c1ccc(Cl)c2ccccc12. The van der Waals surface area contributed by atoms with E-state index in [1.807, 2.05) is 42.5 Å². The average molecular weight is 337 g/mol. The number of fused-ring (bicyclic) bond motifs is 1. The number of benzene rings is 3. The lowest BCUT2D eigenvalue weighted by atomic mass is 9.94. The van der Waals surface area contributed by atoms with Crippen molar-refractivity contribution in [3.63, 3.8) is 0 Å². The fourth-order valence-electron chi connectivity index (χ4n) is 2.48. The van der Waals surface area contributed by atoms with Crippen molar-refractivity contribution in [1.82, 2.24) is 0 Å². The molecule has 0 fully saturated rings. The van der Waals surface area contributed by atoms with Gasteiger partial charge in [0, 0.05) is 20.5 Å². The Kier molecular flexibility index (Phi) is 4.10. The number of hydrogen-bond donors (Lipinski definition) is 1. The van der Waals surface area contributed by atoms with Gasteiger partial charge in [0.25, 0.3) is 0 Å². The van der Waals surface area contributed by atoms with Crippen LogP contribution >= 0.6 is 34.8 Å². The van der Waals surface area contributed by atoms with Gasteiger partial charge in [0.1, 0.15) is 0 Å². The fraction of sp³-hybridized carbons (Fsp3) is 0.0588. The van der Waals surface area contributed by atoms with Gasteiger partial charge in [-0.2, -0.15) is 0 Å². The highest BCUT2D eigenvalue weighted by atomic mass is 35.5. The molecule has 0 spiro atoms. The molecule has 1 unspecified atom stereocenters. The molecular weight excluding hydrogens is 325 g/mol. The summed E-state index contributed by atoms with van der Waals surface area (Å²) in [5.74, 6) is 0. The zero-order chi connectivity index (χ0) is 15.0. The van der Waals surface area contributed by atoms with Gasteiger partial charge in [-0.15, -0.1) is 0 Å². The molecule has 3 aromatic rings. The first-order valence-electron chi connectivity index (χ1n) is 6.45.